The number of diazo groups is 1. The van der Waals surface area contributed by atoms with Gasteiger partial charge < -0.3 is 14.7 Å². The Morgan fingerprint density at radius 3 is 2.84 bits per heavy atom. The molecule has 0 aromatic rings. The minimum absolute atomic E-state index is 0.0395. The molecule has 0 spiro atoms. The number of piperidine rings is 1. The molecule has 0 bridgehead atoms. The number of carbonyl (C=O) groups is 2. The SMILES string of the molecule is CCOC(=O)/C([N+]#N)=C(\O)CCN1CCCCC1=O. The van der Waals surface area contributed by atoms with Crippen molar-refractivity contribution in [2.75, 3.05) is 19.7 Å². The van der Waals surface area contributed by atoms with Gasteiger partial charge in [-0.15, -0.1) is 0 Å². The lowest BCUT2D eigenvalue weighted by Crippen LogP contribution is -2.36. The molecule has 104 valence electrons. The molecule has 0 aliphatic carbocycles. The number of aliphatic hydroxyl groups is 1. The van der Waals surface area contributed by atoms with Crippen LogP contribution in [-0.2, 0) is 14.3 Å². The highest BCUT2D eigenvalue weighted by atomic mass is 16.5. The average molecular weight is 268 g/mol. The molecular formula is C12H18N3O4+. The zero-order valence-corrected chi connectivity index (χ0v) is 11.0. The molecule has 1 amide bonds. The van der Waals surface area contributed by atoms with Crippen LogP contribution in [0.3, 0.4) is 0 Å². The Hall–Kier alpha value is -2.10. The molecule has 0 aromatic heterocycles. The smallest absolute Gasteiger partial charge is 0.505 e. The fourth-order valence-corrected chi connectivity index (χ4v) is 1.87. The quantitative estimate of drug-likeness (QED) is 0.353. The first-order valence-corrected chi connectivity index (χ1v) is 6.32. The zero-order chi connectivity index (χ0) is 14.3. The number of carbonyl (C=O) groups excluding carboxylic acids is 2. The summed E-state index contributed by atoms with van der Waals surface area (Å²) in [6.45, 7) is 2.67. The van der Waals surface area contributed by atoms with Crippen molar-refractivity contribution < 1.29 is 19.4 Å². The van der Waals surface area contributed by atoms with Crippen LogP contribution in [0.25, 0.3) is 4.98 Å². The van der Waals surface area contributed by atoms with Crippen LogP contribution >= 0.6 is 0 Å². The van der Waals surface area contributed by atoms with E-state index in [0.717, 1.165) is 12.8 Å². The lowest BCUT2D eigenvalue weighted by Gasteiger charge is -2.26. The van der Waals surface area contributed by atoms with Crippen molar-refractivity contribution in [2.45, 2.75) is 32.6 Å². The van der Waals surface area contributed by atoms with Crippen molar-refractivity contribution >= 4 is 11.9 Å². The Morgan fingerprint density at radius 2 is 2.26 bits per heavy atom. The number of rotatable bonds is 5. The summed E-state index contributed by atoms with van der Waals surface area (Å²) in [7, 11) is 0. The standard InChI is InChI=1S/C12H17N3O4/c1-2-19-12(18)11(14-13)9(16)6-8-15-7-4-3-5-10(15)17/h2-8H2,1H3/p+1. The Morgan fingerprint density at radius 1 is 1.53 bits per heavy atom. The summed E-state index contributed by atoms with van der Waals surface area (Å²) in [5.41, 5.74) is -0.508. The number of ether oxygens (including phenoxy) is 1. The molecule has 1 heterocycles. The van der Waals surface area contributed by atoms with Crippen LogP contribution in [-0.4, -0.2) is 41.6 Å². The Bertz CT molecular complexity index is 425. The van der Waals surface area contributed by atoms with Crippen LogP contribution < -0.4 is 0 Å². The van der Waals surface area contributed by atoms with Crippen LogP contribution in [0.2, 0.25) is 0 Å². The lowest BCUT2D eigenvalue weighted by molar-refractivity contribution is -0.138. The van der Waals surface area contributed by atoms with E-state index in [1.165, 1.54) is 0 Å². The van der Waals surface area contributed by atoms with Crippen molar-refractivity contribution in [3.63, 3.8) is 0 Å². The zero-order valence-electron chi connectivity index (χ0n) is 11.0. The van der Waals surface area contributed by atoms with Crippen molar-refractivity contribution in [2.24, 2.45) is 0 Å². The maximum atomic E-state index is 11.5. The summed E-state index contributed by atoms with van der Waals surface area (Å²) in [5.74, 6) is -1.22. The van der Waals surface area contributed by atoms with Gasteiger partial charge in [-0.25, -0.2) is 4.79 Å². The number of esters is 1. The first kappa shape index (κ1) is 15.0. The molecule has 7 heteroatoms. The Labute approximate surface area is 111 Å². The minimum atomic E-state index is -0.882. The summed E-state index contributed by atoms with van der Waals surface area (Å²) in [6.07, 6.45) is 2.39. The van der Waals surface area contributed by atoms with Gasteiger partial charge in [-0.1, -0.05) is 0 Å². The summed E-state index contributed by atoms with van der Waals surface area (Å²) in [6, 6.07) is 0. The Balaban J connectivity index is 2.61. The molecule has 1 fully saturated rings. The van der Waals surface area contributed by atoms with E-state index in [1.54, 1.807) is 11.8 Å². The van der Waals surface area contributed by atoms with Crippen molar-refractivity contribution in [3.8, 4) is 0 Å². The highest BCUT2D eigenvalue weighted by molar-refractivity contribution is 5.90. The molecule has 0 unspecified atom stereocenters. The van der Waals surface area contributed by atoms with Gasteiger partial charge in [0.15, 0.2) is 10.7 Å². The third-order valence-corrected chi connectivity index (χ3v) is 2.88. The van der Waals surface area contributed by atoms with Gasteiger partial charge in [0.2, 0.25) is 11.3 Å². The number of hydrogen-bond acceptors (Lipinski definition) is 5. The van der Waals surface area contributed by atoms with Gasteiger partial charge in [0.1, 0.15) is 0 Å². The van der Waals surface area contributed by atoms with Crippen molar-refractivity contribution in [1.29, 1.82) is 5.39 Å². The number of amides is 1. The first-order valence-electron chi connectivity index (χ1n) is 6.32. The van der Waals surface area contributed by atoms with Gasteiger partial charge in [-0.3, -0.25) is 4.79 Å². The molecule has 1 N–H and O–H groups in total. The second-order valence-electron chi connectivity index (χ2n) is 4.20. The van der Waals surface area contributed by atoms with Gasteiger partial charge >= 0.3 is 11.7 Å². The molecule has 7 nitrogen and oxygen atoms in total. The topological polar surface area (TPSA) is 95.0 Å². The third kappa shape index (κ3) is 4.25. The van der Waals surface area contributed by atoms with Gasteiger partial charge in [-0.05, 0) is 19.8 Å². The second kappa shape index (κ2) is 7.36. The lowest BCUT2D eigenvalue weighted by atomic mass is 10.1. The maximum Gasteiger partial charge on any atom is 0.505 e. The first-order chi connectivity index (χ1) is 9.10. The van der Waals surface area contributed by atoms with E-state index in [4.69, 9.17) is 5.39 Å². The molecule has 0 radical (unpaired) electrons. The van der Waals surface area contributed by atoms with E-state index in [-0.39, 0.29) is 24.7 Å². The van der Waals surface area contributed by atoms with Crippen LogP contribution in [0.5, 0.6) is 0 Å². The normalized spacial score (nSPS) is 16.6. The minimum Gasteiger partial charge on any atom is -0.505 e. The van der Waals surface area contributed by atoms with E-state index in [1.807, 2.05) is 0 Å². The molecule has 0 saturated carbocycles. The monoisotopic (exact) mass is 268 g/mol. The average Bonchev–Trinajstić information content (AvgIpc) is 2.39. The number of hydrogen-bond donors (Lipinski definition) is 1. The van der Waals surface area contributed by atoms with Crippen molar-refractivity contribution in [1.82, 2.24) is 4.90 Å². The molecule has 1 aliphatic rings. The van der Waals surface area contributed by atoms with Crippen LogP contribution in [0.15, 0.2) is 11.5 Å². The number of likely N-dealkylation sites (tertiary alicyclic amines) is 1. The molecular weight excluding hydrogens is 250 g/mol. The number of nitrogens with zero attached hydrogens (tertiary/aromatic N) is 3. The van der Waals surface area contributed by atoms with E-state index in [0.29, 0.717) is 19.5 Å². The third-order valence-electron chi connectivity index (χ3n) is 2.88. The Kier molecular flexibility index (Phi) is 5.79. The molecule has 0 aromatic carbocycles. The predicted molar refractivity (Wildman–Crippen MR) is 66.4 cm³/mol. The van der Waals surface area contributed by atoms with Gasteiger partial charge in [0, 0.05) is 25.9 Å². The van der Waals surface area contributed by atoms with E-state index >= 15 is 0 Å². The predicted octanol–water partition coefficient (Wildman–Crippen LogP) is 1.57. The number of aliphatic hydroxyl groups excluding tert-OH is 1. The summed E-state index contributed by atoms with van der Waals surface area (Å²) >= 11 is 0. The fourth-order valence-electron chi connectivity index (χ4n) is 1.87. The van der Waals surface area contributed by atoms with Gasteiger partial charge in [0.05, 0.1) is 6.61 Å². The highest BCUT2D eigenvalue weighted by Gasteiger charge is 2.31. The molecule has 0 atom stereocenters. The molecule has 1 saturated heterocycles. The molecule has 19 heavy (non-hydrogen) atoms. The van der Waals surface area contributed by atoms with E-state index in [9.17, 15) is 14.7 Å². The highest BCUT2D eigenvalue weighted by Crippen LogP contribution is 2.14. The largest absolute Gasteiger partial charge is 0.505 e. The van der Waals surface area contributed by atoms with E-state index in [2.05, 4.69) is 9.71 Å². The maximum absolute atomic E-state index is 11.5. The van der Waals surface area contributed by atoms with E-state index < -0.39 is 11.7 Å². The van der Waals surface area contributed by atoms with Crippen LogP contribution in [0, 0.1) is 5.39 Å². The van der Waals surface area contributed by atoms with Crippen LogP contribution in [0.1, 0.15) is 32.6 Å². The van der Waals surface area contributed by atoms with Gasteiger partial charge in [0.25, 0.3) is 0 Å². The van der Waals surface area contributed by atoms with Gasteiger partial charge in [-0.2, -0.15) is 0 Å². The van der Waals surface area contributed by atoms with Crippen molar-refractivity contribution in [3.05, 3.63) is 16.4 Å². The summed E-state index contributed by atoms with van der Waals surface area (Å²) in [5, 5.41) is 18.4. The fraction of sp³-hybridized carbons (Fsp3) is 0.667. The van der Waals surface area contributed by atoms with Crippen LogP contribution in [0.4, 0.5) is 0 Å². The molecule has 1 rings (SSSR count). The summed E-state index contributed by atoms with van der Waals surface area (Å²) in [4.78, 5) is 27.3. The molecule has 1 aliphatic heterocycles. The second-order valence-corrected chi connectivity index (χ2v) is 4.20. The summed E-state index contributed by atoms with van der Waals surface area (Å²) < 4.78 is 4.64.